The molecule has 0 heterocycles. The van der Waals surface area contributed by atoms with Gasteiger partial charge in [-0.05, 0) is 0 Å². The SMILES string of the molecule is CC(=C[N-]C1CCCCC1)[CH-]c1ccccc1.[C-]1=CC=CC1.[Cl][Ti+3]. The second kappa shape index (κ2) is 14.5. The first-order valence-electron chi connectivity index (χ1n) is 8.52. The van der Waals surface area contributed by atoms with Gasteiger partial charge in [0.1, 0.15) is 0 Å². The first-order chi connectivity index (χ1) is 11.8. The summed E-state index contributed by atoms with van der Waals surface area (Å²) in [5.74, 6) is 0. The van der Waals surface area contributed by atoms with Crippen LogP contribution in [0.25, 0.3) is 5.32 Å². The Bertz CT molecular complexity index is 492. The standard InChI is InChI=1S/C16H21N.C5H5.ClH.Ti/c1-14(12-15-8-4-2-5-9-15)13-17-16-10-6-3-7-11-16;1-2-4-5-3-1;;/h2,4-5,8-9,12-13,16H,3,6-7,10-11H2,1H3;1-3H,4H2;1H;/q-2;-1;;+4/p-1. The van der Waals surface area contributed by atoms with Crippen molar-refractivity contribution in [2.75, 3.05) is 0 Å². The van der Waals surface area contributed by atoms with Crippen molar-refractivity contribution < 1.29 is 19.4 Å². The predicted molar refractivity (Wildman–Crippen MR) is 101 cm³/mol. The Kier molecular flexibility index (Phi) is 12.7. The van der Waals surface area contributed by atoms with Crippen molar-refractivity contribution in [3.05, 3.63) is 83.7 Å². The summed E-state index contributed by atoms with van der Waals surface area (Å²) in [6, 6.07) is 11.0. The van der Waals surface area contributed by atoms with Crippen LogP contribution in [0.1, 0.15) is 51.0 Å². The summed E-state index contributed by atoms with van der Waals surface area (Å²) in [6.07, 6.45) is 20.9. The Morgan fingerprint density at radius 2 is 1.92 bits per heavy atom. The normalized spacial score (nSPS) is 16.6. The molecule has 0 spiro atoms. The molecule has 1 aromatic carbocycles. The molecular weight excluding hydrogens is 350 g/mol. The molecule has 24 heavy (non-hydrogen) atoms. The minimum atomic E-state index is 0.572. The molecule has 0 aromatic heterocycles. The van der Waals surface area contributed by atoms with Crippen LogP contribution in [0, 0.1) is 12.5 Å². The van der Waals surface area contributed by atoms with E-state index in [0.717, 1.165) is 6.42 Å². The van der Waals surface area contributed by atoms with Crippen LogP contribution in [0.3, 0.4) is 0 Å². The van der Waals surface area contributed by atoms with Gasteiger partial charge in [0.15, 0.2) is 0 Å². The fourth-order valence-electron chi connectivity index (χ4n) is 2.64. The van der Waals surface area contributed by atoms with Gasteiger partial charge in [-0.15, -0.1) is 48.7 Å². The molecule has 1 nitrogen and oxygen atoms in total. The van der Waals surface area contributed by atoms with E-state index in [4.69, 9.17) is 0 Å². The molecule has 3 rings (SSSR count). The first kappa shape index (κ1) is 21.2. The zero-order valence-electron chi connectivity index (χ0n) is 14.4. The molecule has 126 valence electrons. The molecule has 3 heteroatoms. The molecular formula is C21H26ClNTi. The number of hydrogen-bond acceptors (Lipinski definition) is 0. The third kappa shape index (κ3) is 10.1. The van der Waals surface area contributed by atoms with Crippen LogP contribution in [0.2, 0.25) is 0 Å². The average Bonchev–Trinajstić information content (AvgIpc) is 3.23. The molecule has 2 aliphatic carbocycles. The Balaban J connectivity index is 0.000000346. The average molecular weight is 376 g/mol. The summed E-state index contributed by atoms with van der Waals surface area (Å²) in [6.45, 7) is 2.12. The van der Waals surface area contributed by atoms with Gasteiger partial charge in [-0.2, -0.15) is 11.6 Å². The fraction of sp³-hybridized carbons (Fsp3) is 0.381. The number of allylic oxidation sites excluding steroid dienone is 5. The monoisotopic (exact) mass is 375 g/mol. The van der Waals surface area contributed by atoms with Crippen molar-refractivity contribution in [1.29, 1.82) is 0 Å². The van der Waals surface area contributed by atoms with Gasteiger partial charge in [0.05, 0.1) is 0 Å². The van der Waals surface area contributed by atoms with Crippen LogP contribution < -0.4 is 0 Å². The molecule has 0 saturated heterocycles. The van der Waals surface area contributed by atoms with Gasteiger partial charge < -0.3 is 5.32 Å². The third-order valence-electron chi connectivity index (χ3n) is 3.84. The zero-order chi connectivity index (χ0) is 17.5. The van der Waals surface area contributed by atoms with Crippen LogP contribution in [-0.2, 0) is 19.4 Å². The van der Waals surface area contributed by atoms with Crippen molar-refractivity contribution in [2.24, 2.45) is 0 Å². The van der Waals surface area contributed by atoms with Crippen molar-refractivity contribution >= 4 is 9.30 Å². The molecule has 0 aliphatic heterocycles. The van der Waals surface area contributed by atoms with Crippen LogP contribution in [0.15, 0.2) is 60.3 Å². The number of benzene rings is 1. The van der Waals surface area contributed by atoms with E-state index in [-0.39, 0.29) is 0 Å². The Morgan fingerprint density at radius 3 is 2.46 bits per heavy atom. The second-order valence-corrected chi connectivity index (χ2v) is 5.87. The van der Waals surface area contributed by atoms with E-state index in [1.807, 2.05) is 24.4 Å². The molecule has 0 unspecified atom stereocenters. The van der Waals surface area contributed by atoms with Gasteiger partial charge in [-0.1, -0.05) is 45.1 Å². The summed E-state index contributed by atoms with van der Waals surface area (Å²) < 4.78 is 0. The number of hydrogen-bond donors (Lipinski definition) is 0. The molecule has 0 bridgehead atoms. The molecule has 2 aliphatic rings. The van der Waals surface area contributed by atoms with Gasteiger partial charge >= 0.3 is 28.7 Å². The van der Waals surface area contributed by atoms with E-state index >= 15 is 0 Å². The maximum absolute atomic E-state index is 4.69. The summed E-state index contributed by atoms with van der Waals surface area (Å²) in [5.41, 5.74) is 2.49. The summed E-state index contributed by atoms with van der Waals surface area (Å²) >= 11 is 1.47. The first-order valence-corrected chi connectivity index (χ1v) is 10.7. The topological polar surface area (TPSA) is 14.1 Å². The van der Waals surface area contributed by atoms with E-state index in [1.54, 1.807) is 0 Å². The van der Waals surface area contributed by atoms with Crippen LogP contribution >= 0.6 is 9.30 Å². The van der Waals surface area contributed by atoms with E-state index in [2.05, 4.69) is 64.4 Å². The fourth-order valence-corrected chi connectivity index (χ4v) is 2.64. The Morgan fingerprint density at radius 1 is 1.21 bits per heavy atom. The van der Waals surface area contributed by atoms with Crippen molar-refractivity contribution in [2.45, 2.75) is 51.5 Å². The zero-order valence-corrected chi connectivity index (χ0v) is 16.7. The molecule has 1 saturated carbocycles. The minimum absolute atomic E-state index is 0.572. The molecule has 0 N–H and O–H groups in total. The van der Waals surface area contributed by atoms with Crippen LogP contribution in [0.5, 0.6) is 0 Å². The van der Waals surface area contributed by atoms with E-state index in [1.165, 1.54) is 62.6 Å². The molecule has 0 amide bonds. The predicted octanol–water partition coefficient (Wildman–Crippen LogP) is 6.84. The third-order valence-corrected chi connectivity index (χ3v) is 3.84. The quantitative estimate of drug-likeness (QED) is 0.404. The molecule has 0 atom stereocenters. The van der Waals surface area contributed by atoms with Gasteiger partial charge in [-0.3, -0.25) is 12.3 Å². The summed E-state index contributed by atoms with van der Waals surface area (Å²) in [4.78, 5) is 0. The summed E-state index contributed by atoms with van der Waals surface area (Å²) in [7, 11) is 4.64. The van der Waals surface area contributed by atoms with Gasteiger partial charge in [0.25, 0.3) is 0 Å². The van der Waals surface area contributed by atoms with Crippen LogP contribution in [0.4, 0.5) is 0 Å². The number of rotatable bonds is 4. The second-order valence-electron chi connectivity index (χ2n) is 5.87. The molecule has 0 radical (unpaired) electrons. The van der Waals surface area contributed by atoms with Gasteiger partial charge in [0, 0.05) is 0 Å². The van der Waals surface area contributed by atoms with Crippen LogP contribution in [-0.4, -0.2) is 6.04 Å². The Hall–Kier alpha value is -0.886. The van der Waals surface area contributed by atoms with Gasteiger partial charge in [-0.25, -0.2) is 12.2 Å². The van der Waals surface area contributed by atoms with Crippen molar-refractivity contribution in [3.63, 3.8) is 0 Å². The van der Waals surface area contributed by atoms with Gasteiger partial charge in [0.2, 0.25) is 0 Å². The van der Waals surface area contributed by atoms with E-state index in [0.29, 0.717) is 6.04 Å². The number of halogens is 1. The van der Waals surface area contributed by atoms with Crippen molar-refractivity contribution in [1.82, 2.24) is 0 Å². The number of nitrogens with zero attached hydrogens (tertiary/aromatic N) is 1. The molecule has 1 fully saturated rings. The summed E-state index contributed by atoms with van der Waals surface area (Å²) in [5, 5.41) is 4.69. The molecule has 1 aromatic rings. The van der Waals surface area contributed by atoms with E-state index < -0.39 is 0 Å². The van der Waals surface area contributed by atoms with Crippen molar-refractivity contribution in [3.8, 4) is 0 Å². The van der Waals surface area contributed by atoms with E-state index in [9.17, 15) is 0 Å². The Labute approximate surface area is 163 Å². The maximum atomic E-state index is 4.69.